The van der Waals surface area contributed by atoms with E-state index in [1.165, 1.54) is 18.4 Å². The van der Waals surface area contributed by atoms with Crippen molar-refractivity contribution in [2.75, 3.05) is 32.0 Å². The molecule has 0 saturated carbocycles. The van der Waals surface area contributed by atoms with Crippen LogP contribution >= 0.6 is 11.8 Å². The molecule has 2 aliphatic heterocycles. The number of thioether (sulfide) groups is 1. The highest BCUT2D eigenvalue weighted by atomic mass is 32.2. The molecule has 4 rings (SSSR count). The first-order valence-electron chi connectivity index (χ1n) is 10.7. The molecule has 1 N–H and O–H groups in total. The van der Waals surface area contributed by atoms with Crippen LogP contribution in [0, 0.1) is 0 Å². The van der Waals surface area contributed by atoms with Gasteiger partial charge in [0.25, 0.3) is 5.91 Å². The van der Waals surface area contributed by atoms with Crippen LogP contribution in [0.5, 0.6) is 0 Å². The summed E-state index contributed by atoms with van der Waals surface area (Å²) in [5.41, 5.74) is 2.04. The van der Waals surface area contributed by atoms with Gasteiger partial charge in [-0.1, -0.05) is 42.5 Å². The van der Waals surface area contributed by atoms with E-state index in [4.69, 9.17) is 4.74 Å². The Balaban J connectivity index is 1.41. The lowest BCUT2D eigenvalue weighted by Gasteiger charge is -2.28. The molecule has 2 atom stereocenters. The van der Waals surface area contributed by atoms with Gasteiger partial charge >= 0.3 is 0 Å². The first-order valence-corrected chi connectivity index (χ1v) is 11.7. The number of nitrogens with zero attached hydrogens (tertiary/aromatic N) is 1. The smallest absolute Gasteiger partial charge is 0.252 e. The van der Waals surface area contributed by atoms with E-state index in [0.29, 0.717) is 12.6 Å². The molecule has 0 unspecified atom stereocenters. The average molecular weight is 411 g/mol. The van der Waals surface area contributed by atoms with Gasteiger partial charge in [-0.3, -0.25) is 9.69 Å². The Morgan fingerprint density at radius 3 is 2.59 bits per heavy atom. The van der Waals surface area contributed by atoms with Gasteiger partial charge < -0.3 is 10.1 Å². The molecule has 154 valence electrons. The minimum absolute atomic E-state index is 0.0144. The molecule has 2 saturated heterocycles. The second-order valence-electron chi connectivity index (χ2n) is 7.82. The zero-order valence-electron chi connectivity index (χ0n) is 16.9. The van der Waals surface area contributed by atoms with E-state index in [9.17, 15) is 4.79 Å². The number of hydrogen-bond donors (Lipinski definition) is 1. The number of nitrogens with one attached hydrogen (secondary N) is 1. The van der Waals surface area contributed by atoms with Crippen molar-refractivity contribution in [2.24, 2.45) is 0 Å². The maximum absolute atomic E-state index is 13.0. The second kappa shape index (κ2) is 10.3. The quantitative estimate of drug-likeness (QED) is 0.650. The molecule has 0 aliphatic carbocycles. The molecule has 2 aromatic carbocycles. The van der Waals surface area contributed by atoms with E-state index in [1.807, 2.05) is 30.3 Å². The first-order chi connectivity index (χ1) is 14.3. The van der Waals surface area contributed by atoms with Gasteiger partial charge in [-0.05, 0) is 56.5 Å². The van der Waals surface area contributed by atoms with Crippen LogP contribution in [0.1, 0.15) is 47.6 Å². The van der Waals surface area contributed by atoms with E-state index in [2.05, 4.69) is 34.5 Å². The molecule has 0 aromatic heterocycles. The van der Waals surface area contributed by atoms with Gasteiger partial charge in [-0.15, -0.1) is 11.8 Å². The molecule has 1 amide bonds. The summed E-state index contributed by atoms with van der Waals surface area (Å²) in [5, 5.41) is 3.22. The summed E-state index contributed by atoms with van der Waals surface area (Å²) < 4.78 is 5.73. The van der Waals surface area contributed by atoms with Crippen LogP contribution < -0.4 is 5.32 Å². The zero-order chi connectivity index (χ0) is 19.9. The molecule has 2 aliphatic rings. The average Bonchev–Trinajstić information content (AvgIpc) is 3.48. The minimum Gasteiger partial charge on any atom is -0.377 e. The molecule has 5 heteroatoms. The van der Waals surface area contributed by atoms with Gasteiger partial charge in [0.1, 0.15) is 0 Å². The van der Waals surface area contributed by atoms with Crippen LogP contribution in [0.2, 0.25) is 0 Å². The Bertz CT molecular complexity index is 786. The van der Waals surface area contributed by atoms with Crippen molar-refractivity contribution in [3.63, 3.8) is 0 Å². The molecule has 0 radical (unpaired) electrons. The van der Waals surface area contributed by atoms with Crippen LogP contribution in [0.3, 0.4) is 0 Å². The third kappa shape index (κ3) is 5.41. The number of amides is 1. The Morgan fingerprint density at radius 2 is 1.83 bits per heavy atom. The van der Waals surface area contributed by atoms with Crippen molar-refractivity contribution in [1.82, 2.24) is 10.2 Å². The third-order valence-corrected chi connectivity index (χ3v) is 7.01. The fraction of sp³-hybridized carbons (Fsp3) is 0.458. The number of hydrogen-bond acceptors (Lipinski definition) is 4. The fourth-order valence-electron chi connectivity index (χ4n) is 4.21. The normalized spacial score (nSPS) is 20.6. The van der Waals surface area contributed by atoms with Crippen LogP contribution in [-0.2, 0) is 4.74 Å². The summed E-state index contributed by atoms with van der Waals surface area (Å²) in [6.07, 6.45) is 5.05. The monoisotopic (exact) mass is 410 g/mol. The summed E-state index contributed by atoms with van der Waals surface area (Å²) >= 11 is 1.73. The molecule has 0 bridgehead atoms. The standard InChI is InChI=1S/C24H30N2O2S/c27-24(21-12-4-5-13-23(21)29-18-20-11-8-16-28-20)25-17-22(26-14-6-7-15-26)19-9-2-1-3-10-19/h1-5,9-10,12-13,20,22H,6-8,11,14-18H2,(H,25,27)/t20-,22-/m0/s1. The van der Waals surface area contributed by atoms with Crippen molar-refractivity contribution < 1.29 is 9.53 Å². The van der Waals surface area contributed by atoms with Crippen molar-refractivity contribution in [3.05, 3.63) is 65.7 Å². The predicted octanol–water partition coefficient (Wildman–Crippen LogP) is 4.52. The van der Waals surface area contributed by atoms with Gasteiger partial charge in [0.05, 0.1) is 17.7 Å². The summed E-state index contributed by atoms with van der Waals surface area (Å²) in [7, 11) is 0. The van der Waals surface area contributed by atoms with E-state index in [1.54, 1.807) is 11.8 Å². The van der Waals surface area contributed by atoms with Crippen LogP contribution in [0.15, 0.2) is 59.5 Å². The summed E-state index contributed by atoms with van der Waals surface area (Å²) in [6.45, 7) is 3.70. The van der Waals surface area contributed by atoms with E-state index in [-0.39, 0.29) is 11.9 Å². The van der Waals surface area contributed by atoms with Gasteiger partial charge in [0, 0.05) is 23.8 Å². The second-order valence-corrected chi connectivity index (χ2v) is 8.88. The third-order valence-electron chi connectivity index (χ3n) is 5.80. The van der Waals surface area contributed by atoms with Gasteiger partial charge in [-0.2, -0.15) is 0 Å². The number of benzene rings is 2. The fourth-order valence-corrected chi connectivity index (χ4v) is 5.33. The lowest BCUT2D eigenvalue weighted by atomic mass is 10.1. The molecule has 4 nitrogen and oxygen atoms in total. The number of carbonyl (C=O) groups is 1. The number of ether oxygens (including phenoxy) is 1. The molecule has 2 fully saturated rings. The van der Waals surface area contributed by atoms with E-state index < -0.39 is 0 Å². The topological polar surface area (TPSA) is 41.6 Å². The van der Waals surface area contributed by atoms with E-state index >= 15 is 0 Å². The molecule has 2 heterocycles. The maximum atomic E-state index is 13.0. The van der Waals surface area contributed by atoms with Crippen molar-refractivity contribution >= 4 is 17.7 Å². The number of carbonyl (C=O) groups excluding carboxylic acids is 1. The highest BCUT2D eigenvalue weighted by Gasteiger charge is 2.24. The minimum atomic E-state index is 0.0144. The molecular formula is C24H30N2O2S. The molecule has 0 spiro atoms. The van der Waals surface area contributed by atoms with Crippen molar-refractivity contribution in [1.29, 1.82) is 0 Å². The Hall–Kier alpha value is -1.82. The van der Waals surface area contributed by atoms with E-state index in [0.717, 1.165) is 48.7 Å². The molecule has 2 aromatic rings. The van der Waals surface area contributed by atoms with Gasteiger partial charge in [-0.25, -0.2) is 0 Å². The molecule has 29 heavy (non-hydrogen) atoms. The van der Waals surface area contributed by atoms with Crippen LogP contribution in [0.4, 0.5) is 0 Å². The Kier molecular flexibility index (Phi) is 7.25. The van der Waals surface area contributed by atoms with Crippen molar-refractivity contribution in [3.8, 4) is 0 Å². The lowest BCUT2D eigenvalue weighted by Crippen LogP contribution is -2.37. The number of likely N-dealkylation sites (tertiary alicyclic amines) is 1. The molecular weight excluding hydrogens is 380 g/mol. The first kappa shape index (κ1) is 20.5. The highest BCUT2D eigenvalue weighted by molar-refractivity contribution is 7.99. The lowest BCUT2D eigenvalue weighted by molar-refractivity contribution is 0.0935. The van der Waals surface area contributed by atoms with Gasteiger partial charge in [0.15, 0.2) is 0 Å². The van der Waals surface area contributed by atoms with Gasteiger partial charge in [0.2, 0.25) is 0 Å². The van der Waals surface area contributed by atoms with Crippen molar-refractivity contribution in [2.45, 2.75) is 42.7 Å². The summed E-state index contributed by atoms with van der Waals surface area (Å²) in [4.78, 5) is 16.6. The van der Waals surface area contributed by atoms with Crippen LogP contribution in [-0.4, -0.2) is 48.9 Å². The number of rotatable bonds is 8. The Morgan fingerprint density at radius 1 is 1.07 bits per heavy atom. The highest BCUT2D eigenvalue weighted by Crippen LogP contribution is 2.28. The predicted molar refractivity (Wildman–Crippen MR) is 118 cm³/mol. The maximum Gasteiger partial charge on any atom is 0.252 e. The van der Waals surface area contributed by atoms with Crippen LogP contribution in [0.25, 0.3) is 0 Å². The summed E-state index contributed by atoms with van der Waals surface area (Å²) in [6, 6.07) is 18.7. The summed E-state index contributed by atoms with van der Waals surface area (Å²) in [5.74, 6) is 0.922. The zero-order valence-corrected chi connectivity index (χ0v) is 17.7. The largest absolute Gasteiger partial charge is 0.377 e. The SMILES string of the molecule is O=C(NC[C@@H](c1ccccc1)N1CCCC1)c1ccccc1SC[C@@H]1CCCO1. The Labute approximate surface area is 178 Å².